The van der Waals surface area contributed by atoms with Crippen molar-refractivity contribution in [3.63, 3.8) is 0 Å². The number of nitrogens with one attached hydrogen (secondary N) is 2. The number of aromatic nitrogens is 3. The molecule has 21 heavy (non-hydrogen) atoms. The van der Waals surface area contributed by atoms with Crippen LogP contribution in [-0.2, 0) is 13.0 Å². The van der Waals surface area contributed by atoms with E-state index in [0.29, 0.717) is 12.5 Å². The predicted octanol–water partition coefficient (Wildman–Crippen LogP) is 2.55. The lowest BCUT2D eigenvalue weighted by Gasteiger charge is -2.08. The van der Waals surface area contributed by atoms with Crippen molar-refractivity contribution in [3.05, 3.63) is 41.0 Å². The summed E-state index contributed by atoms with van der Waals surface area (Å²) in [5.74, 6) is 6.66. The highest BCUT2D eigenvalue weighted by Gasteiger charge is 2.10. The van der Waals surface area contributed by atoms with Crippen LogP contribution in [0.15, 0.2) is 30.6 Å². The topological polar surface area (TPSA) is 88.8 Å². The number of hydrogen-bond acceptors (Lipinski definition) is 7. The fourth-order valence-electron chi connectivity index (χ4n) is 2.03. The molecule has 4 N–H and O–H groups in total. The molecule has 0 amide bonds. The minimum Gasteiger partial charge on any atom is -0.365 e. The normalized spacial score (nSPS) is 10.8. The van der Waals surface area contributed by atoms with E-state index >= 15 is 0 Å². The van der Waals surface area contributed by atoms with E-state index < -0.39 is 0 Å². The van der Waals surface area contributed by atoms with Gasteiger partial charge in [0, 0.05) is 23.8 Å². The highest BCUT2D eigenvalue weighted by Crippen LogP contribution is 2.30. The summed E-state index contributed by atoms with van der Waals surface area (Å²) >= 11 is 1.67. The molecule has 0 saturated carbocycles. The van der Waals surface area contributed by atoms with Crippen LogP contribution in [-0.4, -0.2) is 15.0 Å². The Labute approximate surface area is 126 Å². The van der Waals surface area contributed by atoms with Crippen molar-refractivity contribution in [3.8, 4) is 0 Å². The van der Waals surface area contributed by atoms with Gasteiger partial charge in [0.25, 0.3) is 0 Å². The molecule has 0 bridgehead atoms. The Hall–Kier alpha value is -2.25. The summed E-state index contributed by atoms with van der Waals surface area (Å²) in [6.45, 7) is 2.81. The third-order valence-corrected chi connectivity index (χ3v) is 4.30. The second kappa shape index (κ2) is 6.02. The first-order chi connectivity index (χ1) is 10.3. The highest BCUT2D eigenvalue weighted by molar-refractivity contribution is 7.18. The molecule has 0 aromatic carbocycles. The fraction of sp³-hybridized carbons (Fsp3) is 0.214. The van der Waals surface area contributed by atoms with Gasteiger partial charge in [-0.15, -0.1) is 11.3 Å². The maximum absolute atomic E-state index is 5.45. The molecule has 0 fully saturated rings. The van der Waals surface area contributed by atoms with Crippen LogP contribution < -0.4 is 16.6 Å². The maximum atomic E-state index is 5.45. The first-order valence-corrected chi connectivity index (χ1v) is 7.51. The number of pyridine rings is 1. The van der Waals surface area contributed by atoms with Gasteiger partial charge < -0.3 is 5.32 Å². The highest BCUT2D eigenvalue weighted by atomic mass is 32.1. The van der Waals surface area contributed by atoms with E-state index in [-0.39, 0.29) is 0 Å². The Balaban J connectivity index is 1.94. The summed E-state index contributed by atoms with van der Waals surface area (Å²) in [6.07, 6.45) is 4.54. The van der Waals surface area contributed by atoms with Crippen LogP contribution in [0.3, 0.4) is 0 Å². The summed E-state index contributed by atoms with van der Waals surface area (Å²) in [5, 5.41) is 4.38. The molecule has 3 aromatic heterocycles. The van der Waals surface area contributed by atoms with Crippen LogP contribution in [0.5, 0.6) is 0 Å². The van der Waals surface area contributed by atoms with Gasteiger partial charge >= 0.3 is 0 Å². The number of hydrazine groups is 1. The van der Waals surface area contributed by atoms with Crippen LogP contribution >= 0.6 is 11.3 Å². The number of nitrogens with zero attached hydrogens (tertiary/aromatic N) is 3. The van der Waals surface area contributed by atoms with Crippen molar-refractivity contribution in [2.75, 3.05) is 10.7 Å². The lowest BCUT2D eigenvalue weighted by atomic mass is 10.2. The van der Waals surface area contributed by atoms with Crippen LogP contribution in [0.2, 0.25) is 0 Å². The number of aryl methyl sites for hydroxylation is 1. The molecular formula is C14H16N6S. The smallest absolute Gasteiger partial charge is 0.240 e. The van der Waals surface area contributed by atoms with E-state index in [2.05, 4.69) is 38.7 Å². The van der Waals surface area contributed by atoms with Crippen LogP contribution in [0.25, 0.3) is 10.2 Å². The molecule has 3 rings (SSSR count). The van der Waals surface area contributed by atoms with Gasteiger partial charge in [0.05, 0.1) is 5.39 Å². The molecule has 0 spiro atoms. The maximum Gasteiger partial charge on any atom is 0.240 e. The molecule has 7 heteroatoms. The SMILES string of the molecule is CCc1cc2c(NCc3ccncc3)nc(NN)nc2s1. The first kappa shape index (κ1) is 13.7. The third-order valence-electron chi connectivity index (χ3n) is 3.13. The number of rotatable bonds is 5. The molecule has 6 nitrogen and oxygen atoms in total. The van der Waals surface area contributed by atoms with Crippen molar-refractivity contribution in [1.29, 1.82) is 0 Å². The van der Waals surface area contributed by atoms with Gasteiger partial charge in [-0.05, 0) is 30.2 Å². The van der Waals surface area contributed by atoms with E-state index in [0.717, 1.165) is 28.0 Å². The van der Waals surface area contributed by atoms with Gasteiger partial charge in [-0.25, -0.2) is 10.8 Å². The largest absolute Gasteiger partial charge is 0.365 e. The van der Waals surface area contributed by atoms with Crippen molar-refractivity contribution in [2.24, 2.45) is 5.84 Å². The molecular weight excluding hydrogens is 284 g/mol. The third kappa shape index (κ3) is 2.93. The molecule has 0 unspecified atom stereocenters. The first-order valence-electron chi connectivity index (χ1n) is 6.70. The van der Waals surface area contributed by atoms with Gasteiger partial charge in [-0.2, -0.15) is 4.98 Å². The van der Waals surface area contributed by atoms with E-state index in [1.54, 1.807) is 23.7 Å². The van der Waals surface area contributed by atoms with Gasteiger partial charge in [0.2, 0.25) is 5.95 Å². The molecule has 0 aliphatic heterocycles. The minimum atomic E-state index is 0.421. The molecule has 0 saturated heterocycles. The zero-order valence-corrected chi connectivity index (χ0v) is 12.4. The Morgan fingerprint density at radius 3 is 2.76 bits per heavy atom. The zero-order valence-electron chi connectivity index (χ0n) is 11.6. The van der Waals surface area contributed by atoms with Gasteiger partial charge in [-0.3, -0.25) is 10.4 Å². The van der Waals surface area contributed by atoms with Crippen LogP contribution in [0.1, 0.15) is 17.4 Å². The van der Waals surface area contributed by atoms with Crippen LogP contribution in [0, 0.1) is 0 Å². The number of hydrogen-bond donors (Lipinski definition) is 3. The number of anilines is 2. The fourth-order valence-corrected chi connectivity index (χ4v) is 3.00. The summed E-state index contributed by atoms with van der Waals surface area (Å²) < 4.78 is 0. The zero-order chi connectivity index (χ0) is 14.7. The second-order valence-corrected chi connectivity index (χ2v) is 5.65. The van der Waals surface area contributed by atoms with Crippen molar-refractivity contribution < 1.29 is 0 Å². The predicted molar refractivity (Wildman–Crippen MR) is 86.2 cm³/mol. The summed E-state index contributed by atoms with van der Waals surface area (Å²) in [5.41, 5.74) is 3.66. The van der Waals surface area contributed by atoms with Gasteiger partial charge in [-0.1, -0.05) is 6.92 Å². The number of thiophene rings is 1. The Morgan fingerprint density at radius 1 is 1.24 bits per heavy atom. The molecule has 108 valence electrons. The monoisotopic (exact) mass is 300 g/mol. The number of nitrogens with two attached hydrogens (primary N) is 1. The second-order valence-electron chi connectivity index (χ2n) is 4.53. The van der Waals surface area contributed by atoms with Crippen molar-refractivity contribution in [2.45, 2.75) is 19.9 Å². The number of fused-ring (bicyclic) bond motifs is 1. The summed E-state index contributed by atoms with van der Waals surface area (Å²) in [7, 11) is 0. The van der Waals surface area contributed by atoms with Gasteiger partial charge in [0.15, 0.2) is 0 Å². The lowest BCUT2D eigenvalue weighted by Crippen LogP contribution is -2.12. The molecule has 0 atom stereocenters. The molecule has 0 radical (unpaired) electrons. The van der Waals surface area contributed by atoms with E-state index in [9.17, 15) is 0 Å². The van der Waals surface area contributed by atoms with Crippen LogP contribution in [0.4, 0.5) is 11.8 Å². The van der Waals surface area contributed by atoms with E-state index in [1.165, 1.54) is 4.88 Å². The van der Waals surface area contributed by atoms with Crippen molar-refractivity contribution in [1.82, 2.24) is 15.0 Å². The molecule has 0 aliphatic rings. The standard InChI is InChI=1S/C14H16N6S/c1-2-10-7-11-12(17-8-9-3-5-16-6-4-9)18-14(20-15)19-13(11)21-10/h3-7H,2,8,15H2,1H3,(H2,17,18,19,20). The quantitative estimate of drug-likeness (QED) is 0.496. The Kier molecular flexibility index (Phi) is 3.94. The molecule has 3 heterocycles. The summed E-state index contributed by atoms with van der Waals surface area (Å²) in [6, 6.07) is 6.08. The van der Waals surface area contributed by atoms with Gasteiger partial charge in [0.1, 0.15) is 10.6 Å². The Morgan fingerprint density at radius 2 is 2.05 bits per heavy atom. The van der Waals surface area contributed by atoms with E-state index in [4.69, 9.17) is 5.84 Å². The average Bonchev–Trinajstić information content (AvgIpc) is 2.96. The van der Waals surface area contributed by atoms with Crippen molar-refractivity contribution >= 4 is 33.3 Å². The minimum absolute atomic E-state index is 0.421. The molecule has 0 aliphatic carbocycles. The van der Waals surface area contributed by atoms with E-state index in [1.807, 2.05) is 12.1 Å². The average molecular weight is 300 g/mol. The number of nitrogen functional groups attached to an aromatic ring is 1. The Bertz CT molecular complexity index is 740. The summed E-state index contributed by atoms with van der Waals surface area (Å²) in [4.78, 5) is 15.0. The molecule has 3 aromatic rings. The lowest BCUT2D eigenvalue weighted by molar-refractivity contribution is 1.08.